The topological polar surface area (TPSA) is 12.9 Å². The maximum atomic E-state index is 4.57. The summed E-state index contributed by atoms with van der Waals surface area (Å²) in [5.74, 6) is 1.19. The first kappa shape index (κ1) is 12.2. The van der Waals surface area contributed by atoms with Gasteiger partial charge in [-0.05, 0) is 23.0 Å². The van der Waals surface area contributed by atoms with Crippen molar-refractivity contribution in [3.8, 4) is 0 Å². The quantitative estimate of drug-likeness (QED) is 0.707. The van der Waals surface area contributed by atoms with Crippen LogP contribution in [0.25, 0.3) is 0 Å². The van der Waals surface area contributed by atoms with Crippen LogP contribution in [-0.4, -0.2) is 4.98 Å². The van der Waals surface area contributed by atoms with Crippen LogP contribution >= 0.6 is 0 Å². The minimum absolute atomic E-state index is 0.201. The fraction of sp³-hybridized carbons (Fsp3) is 0.643. The van der Waals surface area contributed by atoms with Crippen LogP contribution in [0.5, 0.6) is 0 Å². The lowest BCUT2D eigenvalue weighted by Crippen LogP contribution is -2.12. The lowest BCUT2D eigenvalue weighted by atomic mass is 9.87. The van der Waals surface area contributed by atoms with Crippen LogP contribution in [0.3, 0.4) is 0 Å². The minimum Gasteiger partial charge on any atom is -0.261 e. The summed E-state index contributed by atoms with van der Waals surface area (Å²) in [5, 5.41) is 0. The molecular weight excluding hydrogens is 182 g/mol. The Balaban J connectivity index is 2.91. The number of hydrogen-bond donors (Lipinski definition) is 0. The van der Waals surface area contributed by atoms with Crippen molar-refractivity contribution in [1.82, 2.24) is 4.98 Å². The van der Waals surface area contributed by atoms with E-state index in [0.717, 1.165) is 0 Å². The van der Waals surface area contributed by atoms with E-state index < -0.39 is 0 Å². The first-order chi connectivity index (χ1) is 6.82. The van der Waals surface area contributed by atoms with E-state index in [1.54, 1.807) is 0 Å². The van der Waals surface area contributed by atoms with E-state index >= 15 is 0 Å². The Morgan fingerprint density at radius 2 is 1.67 bits per heavy atom. The molecule has 1 heteroatoms. The van der Waals surface area contributed by atoms with E-state index in [1.807, 2.05) is 6.20 Å². The summed E-state index contributed by atoms with van der Waals surface area (Å²) in [6.07, 6.45) is 2.02. The van der Waals surface area contributed by atoms with Crippen molar-refractivity contribution in [3.05, 3.63) is 29.6 Å². The molecule has 0 radical (unpaired) electrons. The molecule has 0 amide bonds. The highest BCUT2D eigenvalue weighted by atomic mass is 14.7. The first-order valence-corrected chi connectivity index (χ1v) is 5.79. The normalized spacial score (nSPS) is 14.3. The third-order valence-corrected chi connectivity index (χ3v) is 3.12. The summed E-state index contributed by atoms with van der Waals surface area (Å²) in [6.45, 7) is 13.4. The lowest BCUT2D eigenvalue weighted by molar-refractivity contribution is 0.521. The molecular formula is C14H23N. The molecule has 0 saturated carbocycles. The lowest BCUT2D eigenvalue weighted by Gasteiger charge is -2.20. The Bertz CT molecular complexity index is 303. The Kier molecular flexibility index (Phi) is 3.54. The van der Waals surface area contributed by atoms with Gasteiger partial charge >= 0.3 is 0 Å². The van der Waals surface area contributed by atoms with E-state index in [0.29, 0.717) is 11.8 Å². The van der Waals surface area contributed by atoms with E-state index in [9.17, 15) is 0 Å². The smallest absolute Gasteiger partial charge is 0.0434 e. The molecule has 1 heterocycles. The largest absolute Gasteiger partial charge is 0.261 e. The summed E-state index contributed by atoms with van der Waals surface area (Å²) in [6, 6.07) is 4.38. The van der Waals surface area contributed by atoms with Crippen molar-refractivity contribution in [2.24, 2.45) is 5.92 Å². The van der Waals surface area contributed by atoms with Crippen LogP contribution in [-0.2, 0) is 5.41 Å². The van der Waals surface area contributed by atoms with Crippen LogP contribution < -0.4 is 0 Å². The molecule has 1 atom stereocenters. The van der Waals surface area contributed by atoms with Gasteiger partial charge in [0.25, 0.3) is 0 Å². The molecule has 0 bridgehead atoms. The second-order valence-corrected chi connectivity index (χ2v) is 5.75. The average Bonchev–Trinajstić information content (AvgIpc) is 2.15. The van der Waals surface area contributed by atoms with Gasteiger partial charge in [-0.2, -0.15) is 0 Å². The van der Waals surface area contributed by atoms with Gasteiger partial charge in [0.2, 0.25) is 0 Å². The molecule has 0 unspecified atom stereocenters. The van der Waals surface area contributed by atoms with Crippen molar-refractivity contribution in [3.63, 3.8) is 0 Å². The Labute approximate surface area is 93.9 Å². The fourth-order valence-corrected chi connectivity index (χ4v) is 1.46. The zero-order valence-electron chi connectivity index (χ0n) is 10.8. The molecule has 15 heavy (non-hydrogen) atoms. The van der Waals surface area contributed by atoms with Gasteiger partial charge in [0.05, 0.1) is 0 Å². The number of hydrogen-bond acceptors (Lipinski definition) is 1. The standard InChI is InChI=1S/C14H23N/c1-10(2)11(3)13-8-7-12(9-15-13)14(4,5)6/h7-11H,1-6H3/t11-/m0/s1. The highest BCUT2D eigenvalue weighted by Gasteiger charge is 2.16. The van der Waals surface area contributed by atoms with E-state index in [4.69, 9.17) is 0 Å². The second kappa shape index (κ2) is 4.34. The summed E-state index contributed by atoms with van der Waals surface area (Å²) in [5.41, 5.74) is 2.72. The zero-order chi connectivity index (χ0) is 11.6. The van der Waals surface area contributed by atoms with E-state index in [-0.39, 0.29) is 5.41 Å². The molecule has 0 aliphatic carbocycles. The maximum absolute atomic E-state index is 4.57. The Morgan fingerprint density at radius 3 is 2.00 bits per heavy atom. The van der Waals surface area contributed by atoms with Gasteiger partial charge in [-0.3, -0.25) is 4.98 Å². The minimum atomic E-state index is 0.201. The monoisotopic (exact) mass is 205 g/mol. The summed E-state index contributed by atoms with van der Waals surface area (Å²) >= 11 is 0. The molecule has 1 aromatic rings. The summed E-state index contributed by atoms with van der Waals surface area (Å²) < 4.78 is 0. The van der Waals surface area contributed by atoms with Gasteiger partial charge in [-0.1, -0.05) is 47.6 Å². The van der Waals surface area contributed by atoms with Crippen molar-refractivity contribution in [2.75, 3.05) is 0 Å². The zero-order valence-corrected chi connectivity index (χ0v) is 10.8. The van der Waals surface area contributed by atoms with E-state index in [2.05, 4.69) is 58.7 Å². The van der Waals surface area contributed by atoms with Crippen LogP contribution in [0.15, 0.2) is 18.3 Å². The van der Waals surface area contributed by atoms with Gasteiger partial charge in [0.15, 0.2) is 0 Å². The van der Waals surface area contributed by atoms with Crippen LogP contribution in [0.2, 0.25) is 0 Å². The third kappa shape index (κ3) is 3.05. The van der Waals surface area contributed by atoms with Crippen LogP contribution in [0.1, 0.15) is 58.7 Å². The molecule has 0 fully saturated rings. The highest BCUT2D eigenvalue weighted by molar-refractivity contribution is 5.22. The average molecular weight is 205 g/mol. The van der Waals surface area contributed by atoms with Gasteiger partial charge in [0.1, 0.15) is 0 Å². The summed E-state index contributed by atoms with van der Waals surface area (Å²) in [7, 11) is 0. The number of rotatable bonds is 2. The molecule has 0 saturated heterocycles. The Morgan fingerprint density at radius 1 is 1.07 bits per heavy atom. The van der Waals surface area contributed by atoms with Crippen molar-refractivity contribution >= 4 is 0 Å². The number of aromatic nitrogens is 1. The molecule has 0 aliphatic heterocycles. The number of nitrogens with zero attached hydrogens (tertiary/aromatic N) is 1. The first-order valence-electron chi connectivity index (χ1n) is 5.79. The third-order valence-electron chi connectivity index (χ3n) is 3.12. The fourth-order valence-electron chi connectivity index (χ4n) is 1.46. The summed E-state index contributed by atoms with van der Waals surface area (Å²) in [4.78, 5) is 4.57. The molecule has 0 aromatic carbocycles. The van der Waals surface area contributed by atoms with Crippen molar-refractivity contribution in [2.45, 2.75) is 52.9 Å². The van der Waals surface area contributed by atoms with Gasteiger partial charge in [-0.15, -0.1) is 0 Å². The van der Waals surface area contributed by atoms with Gasteiger partial charge in [0, 0.05) is 17.8 Å². The molecule has 1 nitrogen and oxygen atoms in total. The highest BCUT2D eigenvalue weighted by Crippen LogP contribution is 2.25. The maximum Gasteiger partial charge on any atom is 0.0434 e. The molecule has 84 valence electrons. The predicted molar refractivity (Wildman–Crippen MR) is 66.2 cm³/mol. The Hall–Kier alpha value is -0.850. The molecule has 1 aromatic heterocycles. The van der Waals surface area contributed by atoms with Crippen molar-refractivity contribution < 1.29 is 0 Å². The van der Waals surface area contributed by atoms with Gasteiger partial charge in [-0.25, -0.2) is 0 Å². The molecule has 0 spiro atoms. The number of pyridine rings is 1. The molecule has 1 rings (SSSR count). The molecule has 0 aliphatic rings. The molecule has 0 N–H and O–H groups in total. The van der Waals surface area contributed by atoms with Crippen LogP contribution in [0.4, 0.5) is 0 Å². The predicted octanol–water partition coefficient (Wildman–Crippen LogP) is 4.14. The van der Waals surface area contributed by atoms with E-state index in [1.165, 1.54) is 11.3 Å². The van der Waals surface area contributed by atoms with Gasteiger partial charge < -0.3 is 0 Å². The van der Waals surface area contributed by atoms with Crippen molar-refractivity contribution in [1.29, 1.82) is 0 Å². The second-order valence-electron chi connectivity index (χ2n) is 5.75. The van der Waals surface area contributed by atoms with Crippen LogP contribution in [0, 0.1) is 5.92 Å². The SMILES string of the molecule is CC(C)[C@H](C)c1ccc(C(C)(C)C)cn1.